The molecule has 140 valence electrons. The monoisotopic (exact) mass is 351 g/mol. The minimum Gasteiger partial charge on any atom is -0.362 e. The van der Waals surface area contributed by atoms with Crippen LogP contribution >= 0.6 is 0 Å². The van der Waals surface area contributed by atoms with Gasteiger partial charge in [0.1, 0.15) is 6.04 Å². The number of quaternary nitrogens is 1. The first-order valence-corrected chi connectivity index (χ1v) is 10.3. The maximum atomic E-state index is 2.70. The standard InChI is InChI=1S/C22H29N2.C2H6/c1-24(2)14-8-13-22(24)17-23(20-11-4-3-5-12-20)21-15-18-9-6-7-10-19(18)16-21;1-2/h3-7,9-12,21-22H,8,13-17H2,1-2H3;1-2H3/q+1;. The number of nitrogens with zero attached hydrogens (tertiary/aromatic N) is 2. The van der Waals surface area contributed by atoms with Crippen LogP contribution < -0.4 is 4.90 Å². The van der Waals surface area contributed by atoms with Crippen molar-refractivity contribution >= 4 is 5.69 Å². The molecule has 0 radical (unpaired) electrons. The second-order valence-corrected chi connectivity index (χ2v) is 8.12. The first-order chi connectivity index (χ1) is 12.6. The summed E-state index contributed by atoms with van der Waals surface area (Å²) in [6.07, 6.45) is 5.09. The molecule has 2 nitrogen and oxygen atoms in total. The maximum Gasteiger partial charge on any atom is 0.107 e. The molecule has 2 heteroatoms. The van der Waals surface area contributed by atoms with E-state index in [1.54, 1.807) is 11.1 Å². The molecule has 0 spiro atoms. The number of likely N-dealkylation sites (tertiary alicyclic amines) is 1. The van der Waals surface area contributed by atoms with Gasteiger partial charge in [0.25, 0.3) is 0 Å². The van der Waals surface area contributed by atoms with Crippen LogP contribution in [0.15, 0.2) is 54.6 Å². The Morgan fingerprint density at radius 2 is 1.46 bits per heavy atom. The van der Waals surface area contributed by atoms with E-state index in [9.17, 15) is 0 Å². The number of fused-ring (bicyclic) bond motifs is 1. The van der Waals surface area contributed by atoms with Crippen LogP contribution in [0.2, 0.25) is 0 Å². The molecule has 0 N–H and O–H groups in total. The molecule has 2 aromatic carbocycles. The largest absolute Gasteiger partial charge is 0.362 e. The third kappa shape index (κ3) is 3.96. The van der Waals surface area contributed by atoms with E-state index in [1.807, 2.05) is 13.8 Å². The zero-order valence-corrected chi connectivity index (χ0v) is 17.0. The zero-order valence-electron chi connectivity index (χ0n) is 17.0. The van der Waals surface area contributed by atoms with Crippen molar-refractivity contribution in [3.05, 3.63) is 65.7 Å². The smallest absolute Gasteiger partial charge is 0.107 e. The molecule has 0 aromatic heterocycles. The van der Waals surface area contributed by atoms with Crippen LogP contribution in [0, 0.1) is 0 Å². The summed E-state index contributed by atoms with van der Waals surface area (Å²) in [4.78, 5) is 2.70. The van der Waals surface area contributed by atoms with Gasteiger partial charge in [-0.3, -0.25) is 0 Å². The fourth-order valence-corrected chi connectivity index (χ4v) is 4.65. The Labute approximate surface area is 160 Å². The number of hydrogen-bond acceptors (Lipinski definition) is 1. The van der Waals surface area contributed by atoms with E-state index < -0.39 is 0 Å². The number of rotatable bonds is 4. The first kappa shape index (κ1) is 19.0. The van der Waals surface area contributed by atoms with Crippen LogP contribution in [0.4, 0.5) is 5.69 Å². The SMILES string of the molecule is CC.C[N+]1(C)CCCC1CN(c1ccccc1)C1Cc2ccccc2C1. The minimum atomic E-state index is 0.602. The molecule has 1 heterocycles. The summed E-state index contributed by atoms with van der Waals surface area (Å²) in [7, 11) is 4.81. The summed E-state index contributed by atoms with van der Waals surface area (Å²) in [5, 5.41) is 0. The van der Waals surface area contributed by atoms with E-state index >= 15 is 0 Å². The summed E-state index contributed by atoms with van der Waals surface area (Å²) >= 11 is 0. The fourth-order valence-electron chi connectivity index (χ4n) is 4.65. The highest BCUT2D eigenvalue weighted by Gasteiger charge is 2.37. The van der Waals surface area contributed by atoms with Crippen LogP contribution in [0.3, 0.4) is 0 Å². The Bertz CT molecular complexity index is 667. The van der Waals surface area contributed by atoms with Gasteiger partial charge >= 0.3 is 0 Å². The van der Waals surface area contributed by atoms with Gasteiger partial charge in [-0.2, -0.15) is 0 Å². The lowest BCUT2D eigenvalue weighted by atomic mass is 10.1. The van der Waals surface area contributed by atoms with Gasteiger partial charge in [0, 0.05) is 24.6 Å². The molecular weight excluding hydrogens is 316 g/mol. The number of hydrogen-bond donors (Lipinski definition) is 0. The van der Waals surface area contributed by atoms with Crippen molar-refractivity contribution in [3.63, 3.8) is 0 Å². The van der Waals surface area contributed by atoms with Crippen molar-refractivity contribution in [2.75, 3.05) is 32.1 Å². The van der Waals surface area contributed by atoms with Crippen molar-refractivity contribution in [3.8, 4) is 0 Å². The Hall–Kier alpha value is -1.80. The first-order valence-electron chi connectivity index (χ1n) is 10.3. The molecule has 1 aliphatic heterocycles. The fraction of sp³-hybridized carbons (Fsp3) is 0.500. The third-order valence-electron chi connectivity index (χ3n) is 6.23. The molecular formula is C24H35N2+. The molecule has 1 fully saturated rings. The highest BCUT2D eigenvalue weighted by atomic mass is 15.4. The molecule has 4 rings (SSSR count). The molecule has 1 saturated heterocycles. The quantitative estimate of drug-likeness (QED) is 0.706. The Morgan fingerprint density at radius 1 is 0.885 bits per heavy atom. The molecule has 2 aromatic rings. The predicted octanol–water partition coefficient (Wildman–Crippen LogP) is 4.93. The minimum absolute atomic E-state index is 0.602. The van der Waals surface area contributed by atoms with Gasteiger partial charge in [-0.25, -0.2) is 0 Å². The number of benzene rings is 2. The molecule has 1 atom stereocenters. The van der Waals surface area contributed by atoms with Gasteiger partial charge < -0.3 is 9.38 Å². The summed E-state index contributed by atoms with van der Waals surface area (Å²) in [5.41, 5.74) is 4.48. The number of anilines is 1. The lowest BCUT2D eigenvalue weighted by Gasteiger charge is -2.38. The molecule has 1 aliphatic carbocycles. The van der Waals surface area contributed by atoms with Crippen LogP contribution in [0.1, 0.15) is 37.8 Å². The average molecular weight is 352 g/mol. The predicted molar refractivity (Wildman–Crippen MR) is 113 cm³/mol. The highest BCUT2D eigenvalue weighted by Crippen LogP contribution is 2.31. The van der Waals surface area contributed by atoms with Crippen LogP contribution in [0.5, 0.6) is 0 Å². The van der Waals surface area contributed by atoms with Gasteiger partial charge in [0.2, 0.25) is 0 Å². The van der Waals surface area contributed by atoms with Gasteiger partial charge in [0.05, 0.1) is 27.2 Å². The van der Waals surface area contributed by atoms with Crippen molar-refractivity contribution in [2.24, 2.45) is 0 Å². The zero-order chi connectivity index (χ0) is 18.6. The molecule has 0 amide bonds. The van der Waals surface area contributed by atoms with E-state index in [0.29, 0.717) is 6.04 Å². The average Bonchev–Trinajstić information content (AvgIpc) is 3.24. The van der Waals surface area contributed by atoms with Crippen molar-refractivity contribution in [1.82, 2.24) is 0 Å². The normalized spacial score (nSPS) is 21.0. The van der Waals surface area contributed by atoms with E-state index in [1.165, 1.54) is 48.9 Å². The van der Waals surface area contributed by atoms with E-state index in [4.69, 9.17) is 0 Å². The molecule has 26 heavy (non-hydrogen) atoms. The molecule has 1 unspecified atom stereocenters. The van der Waals surface area contributed by atoms with Crippen LogP contribution in [-0.4, -0.2) is 43.8 Å². The van der Waals surface area contributed by atoms with E-state index in [-0.39, 0.29) is 0 Å². The molecule has 0 saturated carbocycles. The third-order valence-corrected chi connectivity index (χ3v) is 6.23. The Kier molecular flexibility index (Phi) is 6.03. The Balaban J connectivity index is 0.000000948. The van der Waals surface area contributed by atoms with Crippen molar-refractivity contribution < 1.29 is 4.48 Å². The van der Waals surface area contributed by atoms with Gasteiger partial charge in [0.15, 0.2) is 0 Å². The van der Waals surface area contributed by atoms with Crippen molar-refractivity contribution in [2.45, 2.75) is 51.6 Å². The summed E-state index contributed by atoms with van der Waals surface area (Å²) in [6, 6.07) is 21.4. The van der Waals surface area contributed by atoms with Gasteiger partial charge in [-0.15, -0.1) is 0 Å². The van der Waals surface area contributed by atoms with Crippen LogP contribution in [-0.2, 0) is 12.8 Å². The molecule has 0 bridgehead atoms. The lowest BCUT2D eigenvalue weighted by Crippen LogP contribution is -2.52. The highest BCUT2D eigenvalue weighted by molar-refractivity contribution is 5.50. The lowest BCUT2D eigenvalue weighted by molar-refractivity contribution is -0.900. The van der Waals surface area contributed by atoms with Gasteiger partial charge in [-0.1, -0.05) is 56.3 Å². The summed E-state index contributed by atoms with van der Waals surface area (Å²) in [5.74, 6) is 0. The van der Waals surface area contributed by atoms with Crippen molar-refractivity contribution in [1.29, 1.82) is 0 Å². The van der Waals surface area contributed by atoms with E-state index in [0.717, 1.165) is 6.04 Å². The van der Waals surface area contributed by atoms with E-state index in [2.05, 4.69) is 73.6 Å². The maximum absolute atomic E-state index is 2.70. The second kappa shape index (κ2) is 8.26. The number of para-hydroxylation sites is 1. The number of likely N-dealkylation sites (N-methyl/N-ethyl adjacent to an activating group) is 1. The molecule has 2 aliphatic rings. The second-order valence-electron chi connectivity index (χ2n) is 8.12. The summed E-state index contributed by atoms with van der Waals surface area (Å²) in [6.45, 7) is 6.49. The van der Waals surface area contributed by atoms with Gasteiger partial charge in [-0.05, 0) is 36.1 Å². The summed E-state index contributed by atoms with van der Waals surface area (Å²) < 4.78 is 1.17. The Morgan fingerprint density at radius 3 is 2.00 bits per heavy atom. The topological polar surface area (TPSA) is 3.24 Å². The van der Waals surface area contributed by atoms with Crippen LogP contribution in [0.25, 0.3) is 0 Å².